The summed E-state index contributed by atoms with van der Waals surface area (Å²) in [6.07, 6.45) is 2.73. The zero-order chi connectivity index (χ0) is 16.2. The van der Waals surface area contributed by atoms with Crippen LogP contribution in [0.1, 0.15) is 56.5 Å². The first-order valence-corrected chi connectivity index (χ1v) is 8.98. The zero-order valence-electron chi connectivity index (χ0n) is 14.9. The van der Waals surface area contributed by atoms with Crippen LogP contribution < -0.4 is 0 Å². The molecular weight excluding hydrogens is 280 g/mol. The van der Waals surface area contributed by atoms with Crippen LogP contribution in [0.5, 0.6) is 0 Å². The maximum absolute atomic E-state index is 2.64. The summed E-state index contributed by atoms with van der Waals surface area (Å²) in [7, 11) is 0. The molecule has 4 rings (SSSR count). The minimum absolute atomic E-state index is 0.249. The predicted molar refractivity (Wildman–Crippen MR) is 96.7 cm³/mol. The van der Waals surface area contributed by atoms with Gasteiger partial charge in [0.25, 0.3) is 0 Å². The summed E-state index contributed by atoms with van der Waals surface area (Å²) in [6.45, 7) is 12.6. The number of hydrogen-bond acceptors (Lipinski definition) is 1. The van der Waals surface area contributed by atoms with Crippen molar-refractivity contribution in [3.8, 4) is 11.1 Å². The molecule has 0 spiro atoms. The van der Waals surface area contributed by atoms with Gasteiger partial charge in [0.05, 0.1) is 0 Å². The van der Waals surface area contributed by atoms with Gasteiger partial charge >= 0.3 is 0 Å². The quantitative estimate of drug-likeness (QED) is 0.761. The Hall–Kier alpha value is -1.54. The molecule has 2 aromatic rings. The van der Waals surface area contributed by atoms with Crippen LogP contribution in [0.2, 0.25) is 0 Å². The van der Waals surface area contributed by atoms with E-state index in [1.807, 2.05) is 0 Å². The Morgan fingerprint density at radius 2 is 1.83 bits per heavy atom. The number of aromatic nitrogens is 1. The standard InChI is InChI=1S/C21H28N2/c1-15-6-5-7-17(12-15)19-13-18-14-22(21(2,3)4)10-11-23(18)20(19)16-8-9-16/h5-7,12-13,16H,8-11,14H2,1-4H3. The molecule has 0 saturated heterocycles. The molecule has 1 aliphatic heterocycles. The van der Waals surface area contributed by atoms with Crippen molar-refractivity contribution in [1.82, 2.24) is 9.47 Å². The molecule has 0 radical (unpaired) electrons. The van der Waals surface area contributed by atoms with Gasteiger partial charge in [-0.3, -0.25) is 4.90 Å². The van der Waals surface area contributed by atoms with Crippen molar-refractivity contribution in [2.45, 2.75) is 65.1 Å². The summed E-state index contributed by atoms with van der Waals surface area (Å²) in [4.78, 5) is 2.61. The molecule has 1 saturated carbocycles. The number of benzene rings is 1. The highest BCUT2D eigenvalue weighted by Crippen LogP contribution is 2.46. The van der Waals surface area contributed by atoms with Crippen LogP contribution in [0.15, 0.2) is 30.3 Å². The second-order valence-electron chi connectivity index (χ2n) is 8.32. The third-order valence-corrected chi connectivity index (χ3v) is 5.41. The number of hydrogen-bond donors (Lipinski definition) is 0. The van der Waals surface area contributed by atoms with Gasteiger partial charge in [-0.1, -0.05) is 29.8 Å². The molecule has 0 N–H and O–H groups in total. The van der Waals surface area contributed by atoms with Crippen LogP contribution in [-0.2, 0) is 13.1 Å². The molecule has 2 heteroatoms. The molecule has 1 aromatic heterocycles. The lowest BCUT2D eigenvalue weighted by Gasteiger charge is -2.39. The van der Waals surface area contributed by atoms with Crippen molar-refractivity contribution < 1.29 is 0 Å². The van der Waals surface area contributed by atoms with E-state index in [4.69, 9.17) is 0 Å². The molecule has 1 aromatic carbocycles. The summed E-state index contributed by atoms with van der Waals surface area (Å²) in [6, 6.07) is 11.5. The van der Waals surface area contributed by atoms with E-state index in [9.17, 15) is 0 Å². The molecule has 2 nitrogen and oxygen atoms in total. The molecular formula is C21H28N2. The molecule has 23 heavy (non-hydrogen) atoms. The summed E-state index contributed by atoms with van der Waals surface area (Å²) in [5.74, 6) is 0.792. The minimum atomic E-state index is 0.249. The molecule has 1 fully saturated rings. The Morgan fingerprint density at radius 1 is 1.04 bits per heavy atom. The van der Waals surface area contributed by atoms with Crippen LogP contribution in [-0.4, -0.2) is 21.6 Å². The Balaban J connectivity index is 1.78. The van der Waals surface area contributed by atoms with Gasteiger partial charge in [-0.25, -0.2) is 0 Å². The van der Waals surface area contributed by atoms with E-state index in [-0.39, 0.29) is 5.54 Å². The number of rotatable bonds is 2. The molecule has 0 amide bonds. The van der Waals surface area contributed by atoms with Crippen LogP contribution in [0.25, 0.3) is 11.1 Å². The average Bonchev–Trinajstić information content (AvgIpc) is 3.25. The van der Waals surface area contributed by atoms with E-state index in [1.54, 1.807) is 5.69 Å². The molecule has 2 heterocycles. The maximum Gasteiger partial charge on any atom is 0.0393 e. The highest BCUT2D eigenvalue weighted by molar-refractivity contribution is 5.69. The van der Waals surface area contributed by atoms with Crippen LogP contribution in [0, 0.1) is 6.92 Å². The summed E-state index contributed by atoms with van der Waals surface area (Å²) in [5.41, 5.74) is 7.60. The van der Waals surface area contributed by atoms with E-state index >= 15 is 0 Å². The van der Waals surface area contributed by atoms with E-state index in [0.717, 1.165) is 25.6 Å². The molecule has 0 bridgehead atoms. The Kier molecular flexibility index (Phi) is 3.42. The van der Waals surface area contributed by atoms with E-state index in [2.05, 4.69) is 67.5 Å². The Morgan fingerprint density at radius 3 is 2.48 bits per heavy atom. The molecule has 2 aliphatic rings. The lowest BCUT2D eigenvalue weighted by Crippen LogP contribution is -2.45. The van der Waals surface area contributed by atoms with Crippen molar-refractivity contribution in [3.63, 3.8) is 0 Å². The maximum atomic E-state index is 2.64. The lowest BCUT2D eigenvalue weighted by molar-refractivity contribution is 0.102. The van der Waals surface area contributed by atoms with Gasteiger partial charge in [-0.05, 0) is 58.1 Å². The van der Waals surface area contributed by atoms with Crippen LogP contribution in [0.4, 0.5) is 0 Å². The van der Waals surface area contributed by atoms with Gasteiger partial charge in [0.1, 0.15) is 0 Å². The van der Waals surface area contributed by atoms with Crippen molar-refractivity contribution >= 4 is 0 Å². The Bertz CT molecular complexity index is 729. The van der Waals surface area contributed by atoms with Gasteiger partial charge in [-0.15, -0.1) is 0 Å². The smallest absolute Gasteiger partial charge is 0.0393 e. The fourth-order valence-corrected chi connectivity index (χ4v) is 3.92. The summed E-state index contributed by atoms with van der Waals surface area (Å²) in [5, 5.41) is 0. The van der Waals surface area contributed by atoms with Gasteiger partial charge in [0, 0.05) is 42.1 Å². The number of fused-ring (bicyclic) bond motifs is 1. The second-order valence-corrected chi connectivity index (χ2v) is 8.32. The predicted octanol–water partition coefficient (Wildman–Crippen LogP) is 4.96. The van der Waals surface area contributed by atoms with Crippen LogP contribution in [0.3, 0.4) is 0 Å². The third kappa shape index (κ3) is 2.74. The molecule has 0 unspecified atom stereocenters. The molecule has 0 atom stereocenters. The second kappa shape index (κ2) is 5.24. The SMILES string of the molecule is Cc1cccc(-c2cc3n(c2C2CC2)CCN(C(C)(C)C)C3)c1. The monoisotopic (exact) mass is 308 g/mol. The topological polar surface area (TPSA) is 8.17 Å². The largest absolute Gasteiger partial charge is 0.345 e. The van der Waals surface area contributed by atoms with Gasteiger partial charge in [-0.2, -0.15) is 0 Å². The summed E-state index contributed by atoms with van der Waals surface area (Å²) >= 11 is 0. The number of nitrogens with zero attached hydrogens (tertiary/aromatic N) is 2. The van der Waals surface area contributed by atoms with E-state index in [1.165, 1.54) is 35.2 Å². The third-order valence-electron chi connectivity index (χ3n) is 5.41. The summed E-state index contributed by atoms with van der Waals surface area (Å²) < 4.78 is 2.64. The molecule has 122 valence electrons. The first-order chi connectivity index (χ1) is 10.9. The number of aryl methyl sites for hydroxylation is 1. The van der Waals surface area contributed by atoms with Gasteiger partial charge in [0.2, 0.25) is 0 Å². The fraction of sp³-hybridized carbons (Fsp3) is 0.524. The fourth-order valence-electron chi connectivity index (χ4n) is 3.92. The van der Waals surface area contributed by atoms with E-state index in [0.29, 0.717) is 0 Å². The van der Waals surface area contributed by atoms with E-state index < -0.39 is 0 Å². The highest BCUT2D eigenvalue weighted by Gasteiger charge is 2.34. The van der Waals surface area contributed by atoms with Gasteiger partial charge in [0.15, 0.2) is 0 Å². The highest BCUT2D eigenvalue weighted by atomic mass is 15.2. The van der Waals surface area contributed by atoms with Crippen LogP contribution >= 0.6 is 0 Å². The zero-order valence-corrected chi connectivity index (χ0v) is 14.9. The first kappa shape index (κ1) is 15.0. The average molecular weight is 308 g/mol. The Labute approximate surface area is 140 Å². The minimum Gasteiger partial charge on any atom is -0.345 e. The first-order valence-electron chi connectivity index (χ1n) is 8.98. The van der Waals surface area contributed by atoms with Crippen molar-refractivity contribution in [2.24, 2.45) is 0 Å². The van der Waals surface area contributed by atoms with Crippen molar-refractivity contribution in [1.29, 1.82) is 0 Å². The lowest BCUT2D eigenvalue weighted by atomic mass is 10.0. The van der Waals surface area contributed by atoms with Crippen molar-refractivity contribution in [2.75, 3.05) is 6.54 Å². The van der Waals surface area contributed by atoms with Gasteiger partial charge < -0.3 is 4.57 Å². The molecule has 1 aliphatic carbocycles. The van der Waals surface area contributed by atoms with Crippen molar-refractivity contribution in [3.05, 3.63) is 47.3 Å². The normalized spacial score (nSPS) is 19.0.